The van der Waals surface area contributed by atoms with Gasteiger partial charge in [0.25, 0.3) is 11.5 Å². The van der Waals surface area contributed by atoms with Gasteiger partial charge in [-0.15, -0.1) is 5.10 Å². The van der Waals surface area contributed by atoms with Gasteiger partial charge in [0.05, 0.1) is 0 Å². The predicted molar refractivity (Wildman–Crippen MR) is 90.3 cm³/mol. The van der Waals surface area contributed by atoms with E-state index in [1.807, 2.05) is 13.8 Å². The normalized spacial score (nSPS) is 16.3. The van der Waals surface area contributed by atoms with Crippen molar-refractivity contribution in [3.05, 3.63) is 22.1 Å². The number of nitrogens with zero attached hydrogens (tertiary/aromatic N) is 4. The summed E-state index contributed by atoms with van der Waals surface area (Å²) in [5.41, 5.74) is -0.178. The smallest absolute Gasteiger partial charge is 0.274 e. The molecule has 1 N–H and O–H groups in total. The lowest BCUT2D eigenvalue weighted by atomic mass is 10.00. The first-order chi connectivity index (χ1) is 10.9. The summed E-state index contributed by atoms with van der Waals surface area (Å²) >= 11 is 1.36. The molecule has 1 amide bonds. The van der Waals surface area contributed by atoms with Gasteiger partial charge in [-0.25, -0.2) is 0 Å². The largest absolute Gasteiger partial charge is 0.349 e. The van der Waals surface area contributed by atoms with Crippen LogP contribution in [0.1, 0.15) is 44.1 Å². The Morgan fingerprint density at radius 3 is 2.74 bits per heavy atom. The molecule has 1 fully saturated rings. The Bertz CT molecular complexity index is 774. The number of carbonyl (C=O) groups excluding carboxylic acids is 1. The second-order valence-electron chi connectivity index (χ2n) is 6.36. The molecule has 0 aromatic carbocycles. The van der Waals surface area contributed by atoms with Gasteiger partial charge in [0.2, 0.25) is 10.1 Å². The summed E-state index contributed by atoms with van der Waals surface area (Å²) in [5.74, 6) is 0.422. The number of hydrogen-bond acceptors (Lipinski definition) is 6. The fourth-order valence-electron chi connectivity index (χ4n) is 2.63. The maximum absolute atomic E-state index is 12.3. The van der Waals surface area contributed by atoms with Gasteiger partial charge in [0, 0.05) is 25.2 Å². The molecule has 23 heavy (non-hydrogen) atoms. The van der Waals surface area contributed by atoms with Gasteiger partial charge in [0.1, 0.15) is 5.69 Å². The summed E-state index contributed by atoms with van der Waals surface area (Å²) in [6, 6.07) is 1.23. The number of nitrogens with one attached hydrogen (secondary N) is 1. The van der Waals surface area contributed by atoms with Crippen LogP contribution in [0.4, 0.5) is 5.13 Å². The summed E-state index contributed by atoms with van der Waals surface area (Å²) in [5, 5.41) is 8.14. The highest BCUT2D eigenvalue weighted by Crippen LogP contribution is 2.27. The molecule has 1 aliphatic rings. The van der Waals surface area contributed by atoms with Crippen LogP contribution >= 0.6 is 11.3 Å². The number of rotatable bonds is 3. The molecule has 0 aliphatic carbocycles. The Morgan fingerprint density at radius 2 is 2.09 bits per heavy atom. The molecule has 0 atom stereocenters. The van der Waals surface area contributed by atoms with Crippen LogP contribution in [-0.4, -0.2) is 39.6 Å². The SMILES string of the molecule is CC1CCN(c2nn3c(C(=O)NC(C)C)cc(=O)nc3s2)CC1. The van der Waals surface area contributed by atoms with E-state index in [2.05, 4.69) is 27.2 Å². The van der Waals surface area contributed by atoms with Gasteiger partial charge < -0.3 is 10.2 Å². The Morgan fingerprint density at radius 1 is 1.39 bits per heavy atom. The van der Waals surface area contributed by atoms with E-state index in [4.69, 9.17) is 0 Å². The third-order valence-electron chi connectivity index (χ3n) is 3.95. The van der Waals surface area contributed by atoms with Crippen LogP contribution in [0, 0.1) is 5.92 Å². The van der Waals surface area contributed by atoms with Crippen molar-refractivity contribution in [1.82, 2.24) is 19.9 Å². The van der Waals surface area contributed by atoms with E-state index in [9.17, 15) is 9.59 Å². The number of piperidine rings is 1. The highest BCUT2D eigenvalue weighted by atomic mass is 32.1. The minimum atomic E-state index is -0.415. The zero-order chi connectivity index (χ0) is 16.6. The first-order valence-electron chi connectivity index (χ1n) is 7.91. The van der Waals surface area contributed by atoms with Gasteiger partial charge in [-0.05, 0) is 32.6 Å². The average Bonchev–Trinajstić information content (AvgIpc) is 2.89. The van der Waals surface area contributed by atoms with E-state index in [1.165, 1.54) is 21.9 Å². The van der Waals surface area contributed by atoms with Crippen LogP contribution in [0.5, 0.6) is 0 Å². The molecular weight excluding hydrogens is 314 g/mol. The summed E-state index contributed by atoms with van der Waals surface area (Å²) in [7, 11) is 0. The molecular formula is C15H21N5O2S. The first kappa shape index (κ1) is 15.9. The van der Waals surface area contributed by atoms with Crippen molar-refractivity contribution >= 4 is 27.3 Å². The van der Waals surface area contributed by atoms with Crippen LogP contribution in [0.3, 0.4) is 0 Å². The molecule has 0 bridgehead atoms. The van der Waals surface area contributed by atoms with Crippen LogP contribution in [0.25, 0.3) is 4.96 Å². The van der Waals surface area contributed by atoms with E-state index >= 15 is 0 Å². The molecule has 1 aliphatic heterocycles. The Labute approximate surface area is 138 Å². The molecule has 0 radical (unpaired) electrons. The molecule has 1 saturated heterocycles. The fraction of sp³-hybridized carbons (Fsp3) is 0.600. The van der Waals surface area contributed by atoms with Crippen LogP contribution in [0.2, 0.25) is 0 Å². The van der Waals surface area contributed by atoms with Gasteiger partial charge >= 0.3 is 0 Å². The lowest BCUT2D eigenvalue weighted by Gasteiger charge is -2.29. The van der Waals surface area contributed by atoms with Crippen LogP contribution in [-0.2, 0) is 0 Å². The monoisotopic (exact) mass is 335 g/mol. The number of anilines is 1. The minimum absolute atomic E-state index is 0.0110. The number of amides is 1. The number of hydrogen-bond donors (Lipinski definition) is 1. The molecule has 2 aromatic rings. The van der Waals surface area contributed by atoms with Crippen molar-refractivity contribution in [2.24, 2.45) is 5.92 Å². The van der Waals surface area contributed by atoms with Gasteiger partial charge in [-0.3, -0.25) is 9.59 Å². The van der Waals surface area contributed by atoms with Crippen LogP contribution < -0.4 is 15.8 Å². The van der Waals surface area contributed by atoms with E-state index in [0.717, 1.165) is 37.0 Å². The predicted octanol–water partition coefficient (Wildman–Crippen LogP) is 1.53. The van der Waals surface area contributed by atoms with Crippen molar-refractivity contribution in [2.45, 2.75) is 39.7 Å². The summed E-state index contributed by atoms with van der Waals surface area (Å²) in [6.45, 7) is 7.89. The molecule has 3 rings (SSSR count). The van der Waals surface area contributed by atoms with E-state index in [-0.39, 0.29) is 17.6 Å². The third kappa shape index (κ3) is 3.36. The van der Waals surface area contributed by atoms with Gasteiger partial charge in [0.15, 0.2) is 0 Å². The standard InChI is InChI=1S/C15H21N5O2S/c1-9(2)16-13(22)11-8-12(21)17-14-20(11)18-15(23-14)19-6-4-10(3)5-7-19/h8-10H,4-7H2,1-3H3,(H,16,22). The third-order valence-corrected chi connectivity index (χ3v) is 4.92. The van der Waals surface area contributed by atoms with E-state index in [0.29, 0.717) is 4.96 Å². The number of fused-ring (bicyclic) bond motifs is 1. The average molecular weight is 335 g/mol. The topological polar surface area (TPSA) is 79.6 Å². The maximum atomic E-state index is 12.3. The zero-order valence-corrected chi connectivity index (χ0v) is 14.4. The molecule has 0 spiro atoms. The molecule has 0 saturated carbocycles. The summed E-state index contributed by atoms with van der Waals surface area (Å²) < 4.78 is 1.48. The van der Waals surface area contributed by atoms with Crippen molar-refractivity contribution in [3.63, 3.8) is 0 Å². The van der Waals surface area contributed by atoms with Crippen molar-refractivity contribution in [2.75, 3.05) is 18.0 Å². The fourth-order valence-corrected chi connectivity index (χ4v) is 3.59. The van der Waals surface area contributed by atoms with E-state index < -0.39 is 5.56 Å². The maximum Gasteiger partial charge on any atom is 0.274 e. The lowest BCUT2D eigenvalue weighted by molar-refractivity contribution is 0.0935. The molecule has 2 aromatic heterocycles. The highest BCUT2D eigenvalue weighted by molar-refractivity contribution is 7.20. The number of aromatic nitrogens is 3. The quantitative estimate of drug-likeness (QED) is 0.920. The van der Waals surface area contributed by atoms with Crippen LogP contribution in [0.15, 0.2) is 10.9 Å². The van der Waals surface area contributed by atoms with Gasteiger partial charge in [-0.1, -0.05) is 18.3 Å². The molecule has 7 nitrogen and oxygen atoms in total. The molecule has 124 valence electrons. The van der Waals surface area contributed by atoms with Crippen molar-refractivity contribution in [3.8, 4) is 0 Å². The summed E-state index contributed by atoms with van der Waals surface area (Å²) in [6.07, 6.45) is 2.25. The first-order valence-corrected chi connectivity index (χ1v) is 8.72. The van der Waals surface area contributed by atoms with Crippen molar-refractivity contribution in [1.29, 1.82) is 0 Å². The minimum Gasteiger partial charge on any atom is -0.349 e. The Balaban J connectivity index is 1.98. The second kappa shape index (κ2) is 6.27. The van der Waals surface area contributed by atoms with E-state index in [1.54, 1.807) is 0 Å². The van der Waals surface area contributed by atoms with Gasteiger partial charge in [-0.2, -0.15) is 9.50 Å². The Kier molecular flexibility index (Phi) is 4.34. The van der Waals surface area contributed by atoms with Crippen molar-refractivity contribution < 1.29 is 4.79 Å². The highest BCUT2D eigenvalue weighted by Gasteiger charge is 2.22. The molecule has 0 unspecified atom stereocenters. The number of carbonyl (C=O) groups is 1. The zero-order valence-electron chi connectivity index (χ0n) is 13.6. The Hall–Kier alpha value is -1.96. The lowest BCUT2D eigenvalue weighted by Crippen LogP contribution is -2.33. The summed E-state index contributed by atoms with van der Waals surface area (Å²) in [4.78, 5) is 30.7. The molecule has 3 heterocycles. The molecule has 8 heteroatoms. The second-order valence-corrected chi connectivity index (χ2v) is 7.29.